The maximum absolute atomic E-state index is 8.67. The topological polar surface area (TPSA) is 58.0 Å². The molecule has 0 heterocycles. The Bertz CT molecular complexity index is 93.1. The molecule has 0 aromatic heterocycles. The third-order valence-electron chi connectivity index (χ3n) is 0. The molecule has 7 heavy (non-hydrogen) atoms. The van der Waals surface area contributed by atoms with E-state index in [2.05, 4.69) is 13.8 Å². The average Bonchev–Trinajstić information content (AvgIpc) is 1.33. The standard InChI is InChI=1S/C3H8.HNO2S/c1-3-2;1-4(2)3/h3H2,1-2H3;1H. The minimum Gasteiger partial charge on any atom is -0.188 e. The molecule has 0 aliphatic carbocycles. The molecule has 0 aliphatic rings. The minimum atomic E-state index is -2.61. The van der Waals surface area contributed by atoms with Gasteiger partial charge in [0.1, 0.15) is 0 Å². The molecule has 3 nitrogen and oxygen atoms in total. The largest absolute Gasteiger partial charge is 0.308 e. The lowest BCUT2D eigenvalue weighted by Crippen LogP contribution is -1.34. The summed E-state index contributed by atoms with van der Waals surface area (Å²) in [6.07, 6.45) is 1.25. The summed E-state index contributed by atoms with van der Waals surface area (Å²) >= 11 is 0. The average molecular weight is 123 g/mol. The first-order valence-corrected chi connectivity index (χ1v) is 3.03. The Morgan fingerprint density at radius 3 is 1.43 bits per heavy atom. The predicted molar refractivity (Wildman–Crippen MR) is 27.6 cm³/mol. The second-order valence-electron chi connectivity index (χ2n) is 0.942. The Morgan fingerprint density at radius 1 is 1.43 bits per heavy atom. The summed E-state index contributed by atoms with van der Waals surface area (Å²) in [5, 5.41) is 0. The van der Waals surface area contributed by atoms with Crippen LogP contribution in [0.2, 0.25) is 0 Å². The molecule has 1 N–H and O–H groups in total. The molecule has 0 atom stereocenters. The van der Waals surface area contributed by atoms with Gasteiger partial charge in [0.05, 0.1) is 0 Å². The lowest BCUT2D eigenvalue weighted by atomic mass is 10.6. The van der Waals surface area contributed by atoms with Gasteiger partial charge in [-0.25, -0.2) is 0 Å². The monoisotopic (exact) mass is 123 g/mol. The van der Waals surface area contributed by atoms with Crippen LogP contribution in [-0.2, 0) is 10.5 Å². The SMILES string of the molecule is CCC.N=S(=O)=O. The van der Waals surface area contributed by atoms with Crippen LogP contribution in [0, 0.1) is 4.78 Å². The molecule has 0 aliphatic heterocycles. The highest BCUT2D eigenvalue weighted by Gasteiger charge is 1.35. The highest BCUT2D eigenvalue weighted by molar-refractivity contribution is 7.60. The number of hydrogen-bond acceptors (Lipinski definition) is 3. The molecule has 0 unspecified atom stereocenters. The molecule has 0 fully saturated rings. The van der Waals surface area contributed by atoms with Gasteiger partial charge in [0, 0.05) is 0 Å². The van der Waals surface area contributed by atoms with Crippen molar-refractivity contribution >= 4 is 10.5 Å². The molecule has 0 aromatic carbocycles. The van der Waals surface area contributed by atoms with Crippen LogP contribution >= 0.6 is 0 Å². The van der Waals surface area contributed by atoms with Crippen molar-refractivity contribution < 1.29 is 8.42 Å². The fourth-order valence-corrected chi connectivity index (χ4v) is 0. The van der Waals surface area contributed by atoms with Gasteiger partial charge in [0.15, 0.2) is 0 Å². The third-order valence-corrected chi connectivity index (χ3v) is 0. The summed E-state index contributed by atoms with van der Waals surface area (Å²) in [4.78, 5) is 0. The van der Waals surface area contributed by atoms with Gasteiger partial charge in [-0.15, -0.1) is 0 Å². The first-order valence-electron chi connectivity index (χ1n) is 1.95. The van der Waals surface area contributed by atoms with E-state index in [9.17, 15) is 0 Å². The van der Waals surface area contributed by atoms with Gasteiger partial charge in [-0.3, -0.25) is 0 Å². The van der Waals surface area contributed by atoms with Crippen molar-refractivity contribution in [2.24, 2.45) is 0 Å². The normalized spacial score (nSPS) is 6.00. The van der Waals surface area contributed by atoms with E-state index in [-0.39, 0.29) is 0 Å². The molecule has 44 valence electrons. The van der Waals surface area contributed by atoms with E-state index in [1.165, 1.54) is 6.42 Å². The van der Waals surface area contributed by atoms with Gasteiger partial charge in [-0.1, -0.05) is 20.3 Å². The summed E-state index contributed by atoms with van der Waals surface area (Å²) in [5.41, 5.74) is 0. The molecule has 0 spiro atoms. The van der Waals surface area contributed by atoms with Gasteiger partial charge in [-0.05, 0) is 0 Å². The van der Waals surface area contributed by atoms with Crippen LogP contribution in [0.25, 0.3) is 0 Å². The Labute approximate surface area is 44.9 Å². The van der Waals surface area contributed by atoms with Crippen molar-refractivity contribution in [3.05, 3.63) is 0 Å². The van der Waals surface area contributed by atoms with Gasteiger partial charge >= 0.3 is 10.5 Å². The smallest absolute Gasteiger partial charge is 0.188 e. The summed E-state index contributed by atoms with van der Waals surface area (Å²) in [7, 11) is -2.61. The van der Waals surface area contributed by atoms with Crippen LogP contribution in [0.4, 0.5) is 0 Å². The number of rotatable bonds is 0. The highest BCUT2D eigenvalue weighted by Crippen LogP contribution is 1.56. The van der Waals surface area contributed by atoms with E-state index in [0.29, 0.717) is 0 Å². The van der Waals surface area contributed by atoms with Crippen molar-refractivity contribution in [2.45, 2.75) is 20.3 Å². The Morgan fingerprint density at radius 2 is 1.43 bits per heavy atom. The third kappa shape index (κ3) is 510. The summed E-state index contributed by atoms with van der Waals surface area (Å²) in [5.74, 6) is 0. The van der Waals surface area contributed by atoms with E-state index in [1.807, 2.05) is 0 Å². The van der Waals surface area contributed by atoms with Gasteiger partial charge in [-0.2, -0.15) is 13.2 Å². The van der Waals surface area contributed by atoms with Crippen LogP contribution < -0.4 is 0 Å². The van der Waals surface area contributed by atoms with Gasteiger partial charge in [0.2, 0.25) is 0 Å². The molecule has 0 amide bonds. The fraction of sp³-hybridized carbons (Fsp3) is 1.00. The minimum absolute atomic E-state index is 1.25. The number of nitrogens with one attached hydrogen (secondary N) is 1. The Balaban J connectivity index is 0. The van der Waals surface area contributed by atoms with Crippen molar-refractivity contribution in [3.63, 3.8) is 0 Å². The van der Waals surface area contributed by atoms with Crippen LogP contribution in [0.15, 0.2) is 0 Å². The second-order valence-corrected chi connectivity index (χ2v) is 1.41. The van der Waals surface area contributed by atoms with Crippen LogP contribution in [0.3, 0.4) is 0 Å². The first kappa shape index (κ1) is 9.80. The van der Waals surface area contributed by atoms with Crippen LogP contribution in [0.5, 0.6) is 0 Å². The van der Waals surface area contributed by atoms with E-state index in [4.69, 9.17) is 13.2 Å². The molecule has 0 radical (unpaired) electrons. The molecule has 0 bridgehead atoms. The van der Waals surface area contributed by atoms with Crippen molar-refractivity contribution in [1.82, 2.24) is 0 Å². The molecular formula is C3H9NO2S. The van der Waals surface area contributed by atoms with Gasteiger partial charge in [0.25, 0.3) is 0 Å². The first-order chi connectivity index (χ1) is 3.15. The maximum Gasteiger partial charge on any atom is 0.308 e. The molecule has 0 saturated heterocycles. The second kappa shape index (κ2) is 9.15. The molecule has 4 heteroatoms. The summed E-state index contributed by atoms with van der Waals surface area (Å²) in [6, 6.07) is 0. The highest BCUT2D eigenvalue weighted by atomic mass is 32.2. The van der Waals surface area contributed by atoms with Crippen LogP contribution in [0.1, 0.15) is 20.3 Å². The van der Waals surface area contributed by atoms with Crippen LogP contribution in [-0.4, -0.2) is 8.42 Å². The lowest BCUT2D eigenvalue weighted by molar-refractivity contribution is 0.620. The Kier molecular flexibility index (Phi) is 12.8. The van der Waals surface area contributed by atoms with Crippen molar-refractivity contribution in [2.75, 3.05) is 0 Å². The Hall–Kier alpha value is -0.380. The molecule has 0 rings (SSSR count). The quantitative estimate of drug-likeness (QED) is 0.523. The van der Waals surface area contributed by atoms with Crippen molar-refractivity contribution in [1.29, 1.82) is 4.78 Å². The number of hydrogen-bond donors (Lipinski definition) is 1. The lowest BCUT2D eigenvalue weighted by Gasteiger charge is -1.48. The van der Waals surface area contributed by atoms with E-state index in [1.54, 1.807) is 0 Å². The summed E-state index contributed by atoms with van der Waals surface area (Å²) in [6.45, 7) is 4.25. The molecular weight excluding hydrogens is 114 g/mol. The zero-order valence-electron chi connectivity index (χ0n) is 4.43. The van der Waals surface area contributed by atoms with Gasteiger partial charge < -0.3 is 0 Å². The maximum atomic E-state index is 8.67. The van der Waals surface area contributed by atoms with E-state index >= 15 is 0 Å². The molecule has 0 saturated carbocycles. The summed E-state index contributed by atoms with van der Waals surface area (Å²) < 4.78 is 22.8. The zero-order chi connectivity index (χ0) is 6.28. The molecule has 0 aromatic rings. The fourth-order valence-electron chi connectivity index (χ4n) is 0. The van der Waals surface area contributed by atoms with E-state index < -0.39 is 10.5 Å². The zero-order valence-corrected chi connectivity index (χ0v) is 5.25. The van der Waals surface area contributed by atoms with E-state index in [0.717, 1.165) is 0 Å². The predicted octanol–water partition coefficient (Wildman–Crippen LogP) is 1.04. The van der Waals surface area contributed by atoms with Crippen molar-refractivity contribution in [3.8, 4) is 0 Å².